The summed E-state index contributed by atoms with van der Waals surface area (Å²) < 4.78 is 25.6. The molecule has 32 heavy (non-hydrogen) atoms. The van der Waals surface area contributed by atoms with Crippen molar-refractivity contribution >= 4 is 27.5 Å². The van der Waals surface area contributed by atoms with Gasteiger partial charge in [-0.25, -0.2) is 8.42 Å². The number of carbonyl (C=O) groups excluding carboxylic acids is 2. The Bertz CT molecular complexity index is 1090. The van der Waals surface area contributed by atoms with Gasteiger partial charge in [-0.05, 0) is 54.5 Å². The van der Waals surface area contributed by atoms with Gasteiger partial charge in [-0.2, -0.15) is 0 Å². The lowest BCUT2D eigenvalue weighted by molar-refractivity contribution is -0.127. The van der Waals surface area contributed by atoms with Gasteiger partial charge in [0.25, 0.3) is 5.91 Å². The molecule has 0 bridgehead atoms. The first-order chi connectivity index (χ1) is 15.0. The zero-order chi connectivity index (χ0) is 23.5. The van der Waals surface area contributed by atoms with Gasteiger partial charge >= 0.3 is 0 Å². The molecule has 7 nitrogen and oxygen atoms in total. The highest BCUT2D eigenvalue weighted by Gasteiger charge is 2.25. The number of nitrogens with one attached hydrogen (secondary N) is 1. The van der Waals surface area contributed by atoms with Crippen LogP contribution in [0.5, 0.6) is 0 Å². The fourth-order valence-electron chi connectivity index (χ4n) is 3.90. The van der Waals surface area contributed by atoms with Crippen molar-refractivity contribution in [3.8, 4) is 0 Å². The van der Waals surface area contributed by atoms with Crippen LogP contribution in [0.4, 0.5) is 5.69 Å². The smallest absolute Gasteiger partial charge is 0.253 e. The molecule has 8 heteroatoms. The van der Waals surface area contributed by atoms with E-state index in [0.717, 1.165) is 30.2 Å². The van der Waals surface area contributed by atoms with E-state index < -0.39 is 10.0 Å². The van der Waals surface area contributed by atoms with Crippen LogP contribution in [0, 0.1) is 6.92 Å². The fraction of sp³-hybridized carbons (Fsp3) is 0.417. The van der Waals surface area contributed by atoms with Gasteiger partial charge in [-0.1, -0.05) is 30.3 Å². The lowest BCUT2D eigenvalue weighted by Gasteiger charge is -2.32. The molecule has 1 saturated heterocycles. The summed E-state index contributed by atoms with van der Waals surface area (Å²) in [7, 11) is 0.0956. The molecule has 2 amide bonds. The summed E-state index contributed by atoms with van der Waals surface area (Å²) >= 11 is 0. The van der Waals surface area contributed by atoms with E-state index in [1.807, 2.05) is 17.0 Å². The largest absolute Gasteiger partial charge is 0.349 e. The van der Waals surface area contributed by atoms with Gasteiger partial charge in [0.2, 0.25) is 15.9 Å². The molecular formula is C24H31N3O4S. The average Bonchev–Trinajstić information content (AvgIpc) is 2.74. The number of amides is 2. The first kappa shape index (κ1) is 23.8. The number of carbonyl (C=O) groups is 2. The van der Waals surface area contributed by atoms with E-state index in [9.17, 15) is 18.0 Å². The van der Waals surface area contributed by atoms with Crippen LogP contribution in [0.2, 0.25) is 0 Å². The van der Waals surface area contributed by atoms with Crippen molar-refractivity contribution in [2.24, 2.45) is 0 Å². The summed E-state index contributed by atoms with van der Waals surface area (Å²) in [5, 5.41) is 0. The molecule has 172 valence electrons. The van der Waals surface area contributed by atoms with E-state index in [1.54, 1.807) is 44.1 Å². The van der Waals surface area contributed by atoms with Crippen LogP contribution < -0.4 is 4.72 Å². The Morgan fingerprint density at radius 2 is 1.69 bits per heavy atom. The molecule has 0 saturated carbocycles. The van der Waals surface area contributed by atoms with Crippen molar-refractivity contribution in [3.05, 3.63) is 64.7 Å². The first-order valence-corrected chi connectivity index (χ1v) is 12.6. The van der Waals surface area contributed by atoms with Gasteiger partial charge in [0, 0.05) is 32.7 Å². The van der Waals surface area contributed by atoms with E-state index in [-0.39, 0.29) is 11.8 Å². The van der Waals surface area contributed by atoms with Gasteiger partial charge in [0.1, 0.15) is 0 Å². The maximum Gasteiger partial charge on any atom is 0.253 e. The summed E-state index contributed by atoms with van der Waals surface area (Å²) in [6.07, 6.45) is 3.22. The van der Waals surface area contributed by atoms with E-state index in [1.165, 1.54) is 5.56 Å². The Balaban J connectivity index is 1.61. The number of aryl methyl sites for hydroxylation is 1. The molecule has 1 aliphatic rings. The number of benzene rings is 2. The van der Waals surface area contributed by atoms with Gasteiger partial charge in [-0.3, -0.25) is 14.3 Å². The number of likely N-dealkylation sites (N-methyl/N-ethyl adjacent to an activating group) is 1. The van der Waals surface area contributed by atoms with Crippen LogP contribution in [-0.2, 0) is 21.2 Å². The quantitative estimate of drug-likeness (QED) is 0.722. The number of hydrogen-bond donors (Lipinski definition) is 1. The molecule has 0 spiro atoms. The van der Waals surface area contributed by atoms with Crippen molar-refractivity contribution < 1.29 is 18.0 Å². The number of sulfonamides is 1. The molecule has 3 rings (SSSR count). The summed E-state index contributed by atoms with van der Waals surface area (Å²) in [4.78, 5) is 28.3. The Morgan fingerprint density at radius 3 is 2.25 bits per heavy atom. The van der Waals surface area contributed by atoms with Crippen molar-refractivity contribution in [1.82, 2.24) is 9.80 Å². The van der Waals surface area contributed by atoms with E-state index in [4.69, 9.17) is 0 Å². The minimum Gasteiger partial charge on any atom is -0.349 e. The number of piperidine rings is 1. The minimum atomic E-state index is -3.42. The van der Waals surface area contributed by atoms with Crippen LogP contribution in [0.25, 0.3) is 0 Å². The van der Waals surface area contributed by atoms with E-state index >= 15 is 0 Å². The molecule has 0 aliphatic carbocycles. The number of anilines is 1. The minimum absolute atomic E-state index is 0.0792. The second kappa shape index (κ2) is 9.73. The molecular weight excluding hydrogens is 426 g/mol. The van der Waals surface area contributed by atoms with Gasteiger partial charge in [-0.15, -0.1) is 0 Å². The molecule has 1 aliphatic heterocycles. The lowest BCUT2D eigenvalue weighted by atomic mass is 9.88. The number of rotatable bonds is 6. The van der Waals surface area contributed by atoms with E-state index in [2.05, 4.69) is 16.9 Å². The Kier molecular flexibility index (Phi) is 7.23. The van der Waals surface area contributed by atoms with Crippen molar-refractivity contribution in [3.63, 3.8) is 0 Å². The lowest BCUT2D eigenvalue weighted by Crippen LogP contribution is -2.38. The van der Waals surface area contributed by atoms with Crippen LogP contribution in [0.1, 0.15) is 45.8 Å². The molecule has 0 atom stereocenters. The summed E-state index contributed by atoms with van der Waals surface area (Å²) in [5.41, 5.74) is 3.91. The summed E-state index contributed by atoms with van der Waals surface area (Å²) in [5.74, 6) is 0.367. The van der Waals surface area contributed by atoms with Gasteiger partial charge in [0.15, 0.2) is 0 Å². The first-order valence-electron chi connectivity index (χ1n) is 10.7. The molecule has 1 heterocycles. The zero-order valence-corrected chi connectivity index (χ0v) is 19.9. The third kappa shape index (κ3) is 6.09. The number of likely N-dealkylation sites (tertiary alicyclic amines) is 1. The third-order valence-electron chi connectivity index (χ3n) is 5.87. The Morgan fingerprint density at radius 1 is 1.06 bits per heavy atom. The van der Waals surface area contributed by atoms with Crippen LogP contribution in [0.3, 0.4) is 0 Å². The SMILES string of the molecule is Cc1ccc(C(=O)N2CCC(c3ccc(CC(=O)N(C)C)cc3)CC2)cc1NS(C)(=O)=O. The molecule has 0 aromatic heterocycles. The maximum absolute atomic E-state index is 13.0. The molecule has 0 radical (unpaired) electrons. The summed E-state index contributed by atoms with van der Waals surface area (Å²) in [6, 6.07) is 13.3. The molecule has 2 aromatic carbocycles. The molecule has 0 unspecified atom stereocenters. The molecule has 2 aromatic rings. The highest BCUT2D eigenvalue weighted by Crippen LogP contribution is 2.29. The predicted molar refractivity (Wildman–Crippen MR) is 126 cm³/mol. The number of hydrogen-bond acceptors (Lipinski definition) is 4. The second-order valence-electron chi connectivity index (χ2n) is 8.68. The zero-order valence-electron chi connectivity index (χ0n) is 19.1. The molecule has 1 fully saturated rings. The Hall–Kier alpha value is -2.87. The fourth-order valence-corrected chi connectivity index (χ4v) is 4.52. The van der Waals surface area contributed by atoms with Crippen LogP contribution in [-0.4, -0.2) is 63.5 Å². The highest BCUT2D eigenvalue weighted by atomic mass is 32.2. The van der Waals surface area contributed by atoms with Gasteiger partial charge < -0.3 is 9.80 Å². The number of nitrogens with zero attached hydrogens (tertiary/aromatic N) is 2. The highest BCUT2D eigenvalue weighted by molar-refractivity contribution is 7.92. The normalized spacial score (nSPS) is 14.8. The standard InChI is InChI=1S/C24H31N3O4S/c1-17-5-8-21(16-22(17)25-32(4,30)31)24(29)27-13-11-20(12-14-27)19-9-6-18(7-10-19)15-23(28)26(2)3/h5-10,16,20,25H,11-15H2,1-4H3. The summed E-state index contributed by atoms with van der Waals surface area (Å²) in [6.45, 7) is 3.09. The third-order valence-corrected chi connectivity index (χ3v) is 6.46. The maximum atomic E-state index is 13.0. The van der Waals surface area contributed by atoms with Crippen molar-refractivity contribution in [2.75, 3.05) is 38.2 Å². The topological polar surface area (TPSA) is 86.8 Å². The second-order valence-corrected chi connectivity index (χ2v) is 10.4. The predicted octanol–water partition coefficient (Wildman–Crippen LogP) is 3.02. The van der Waals surface area contributed by atoms with E-state index in [0.29, 0.717) is 36.7 Å². The Labute approximate surface area is 190 Å². The molecule has 1 N–H and O–H groups in total. The van der Waals surface area contributed by atoms with Crippen molar-refractivity contribution in [1.29, 1.82) is 0 Å². The van der Waals surface area contributed by atoms with Crippen molar-refractivity contribution in [2.45, 2.75) is 32.1 Å². The average molecular weight is 458 g/mol. The van der Waals surface area contributed by atoms with Crippen LogP contribution >= 0.6 is 0 Å². The monoisotopic (exact) mass is 457 g/mol. The van der Waals surface area contributed by atoms with Gasteiger partial charge in [0.05, 0.1) is 18.4 Å². The van der Waals surface area contributed by atoms with Crippen LogP contribution in [0.15, 0.2) is 42.5 Å².